The molecule has 0 fully saturated rings. The van der Waals surface area contributed by atoms with Crippen molar-refractivity contribution >= 4 is 18.5 Å². The molecule has 1 heteroatoms. The van der Waals surface area contributed by atoms with Crippen LogP contribution in [0.25, 0.3) is 0 Å². The van der Waals surface area contributed by atoms with Crippen LogP contribution in [-0.4, -0.2) is 6.16 Å². The summed E-state index contributed by atoms with van der Waals surface area (Å²) in [5.41, 5.74) is 0. The fourth-order valence-electron chi connectivity index (χ4n) is 3.73. The summed E-state index contributed by atoms with van der Waals surface area (Å²) < 4.78 is 0. The molecule has 0 bridgehead atoms. The molecule has 27 heavy (non-hydrogen) atoms. The Balaban J connectivity index is 1.60. The summed E-state index contributed by atoms with van der Waals surface area (Å²) in [6, 6.07) is 22.3. The first-order valence-corrected chi connectivity index (χ1v) is 12.8. The zero-order valence-electron chi connectivity index (χ0n) is 17.4. The van der Waals surface area contributed by atoms with Crippen molar-refractivity contribution in [2.75, 3.05) is 6.16 Å². The first kappa shape index (κ1) is 22.2. The SMILES string of the molecule is CCCCCCCCCCCCCCP(c1ccccc1)c1ccccc1. The Morgan fingerprint density at radius 2 is 0.852 bits per heavy atom. The van der Waals surface area contributed by atoms with E-state index in [2.05, 4.69) is 67.6 Å². The van der Waals surface area contributed by atoms with E-state index < -0.39 is 0 Å². The molecule has 148 valence electrons. The lowest BCUT2D eigenvalue weighted by Crippen LogP contribution is -2.13. The average Bonchev–Trinajstić information content (AvgIpc) is 2.73. The van der Waals surface area contributed by atoms with Gasteiger partial charge < -0.3 is 0 Å². The maximum absolute atomic E-state index is 2.32. The minimum Gasteiger partial charge on any atom is -0.0654 e. The van der Waals surface area contributed by atoms with Gasteiger partial charge in [0.25, 0.3) is 0 Å². The molecule has 0 aromatic heterocycles. The molecule has 0 radical (unpaired) electrons. The van der Waals surface area contributed by atoms with Crippen molar-refractivity contribution in [3.05, 3.63) is 60.7 Å². The van der Waals surface area contributed by atoms with E-state index in [4.69, 9.17) is 0 Å². The first-order chi connectivity index (χ1) is 13.4. The Bertz CT molecular complexity index is 524. The molecule has 0 saturated heterocycles. The summed E-state index contributed by atoms with van der Waals surface area (Å²) in [7, 11) is -0.189. The van der Waals surface area contributed by atoms with Crippen LogP contribution in [0.15, 0.2) is 60.7 Å². The van der Waals surface area contributed by atoms with Crippen molar-refractivity contribution in [1.82, 2.24) is 0 Å². The monoisotopic (exact) mass is 382 g/mol. The van der Waals surface area contributed by atoms with Crippen molar-refractivity contribution in [3.8, 4) is 0 Å². The van der Waals surface area contributed by atoms with Gasteiger partial charge in [0.15, 0.2) is 0 Å². The highest BCUT2D eigenvalue weighted by Gasteiger charge is 2.12. The lowest BCUT2D eigenvalue weighted by molar-refractivity contribution is 0.548. The second-order valence-corrected chi connectivity index (χ2v) is 10.0. The molecule has 2 aromatic rings. The lowest BCUT2D eigenvalue weighted by Gasteiger charge is -2.18. The van der Waals surface area contributed by atoms with Gasteiger partial charge in [0.2, 0.25) is 0 Å². The summed E-state index contributed by atoms with van der Waals surface area (Å²) in [5.74, 6) is 0. The molecule has 0 saturated carbocycles. The number of hydrogen-bond donors (Lipinski definition) is 0. The van der Waals surface area contributed by atoms with Crippen LogP contribution in [-0.2, 0) is 0 Å². The Morgan fingerprint density at radius 3 is 1.26 bits per heavy atom. The van der Waals surface area contributed by atoms with Gasteiger partial charge in [0.1, 0.15) is 0 Å². The van der Waals surface area contributed by atoms with Crippen LogP contribution in [0.2, 0.25) is 0 Å². The Hall–Kier alpha value is -1.13. The van der Waals surface area contributed by atoms with Crippen LogP contribution < -0.4 is 10.6 Å². The van der Waals surface area contributed by atoms with Crippen LogP contribution >= 0.6 is 7.92 Å². The zero-order chi connectivity index (χ0) is 19.0. The highest BCUT2D eigenvalue weighted by atomic mass is 31.1. The molecule has 0 N–H and O–H groups in total. The third kappa shape index (κ3) is 9.57. The predicted molar refractivity (Wildman–Crippen MR) is 125 cm³/mol. The highest BCUT2D eigenvalue weighted by molar-refractivity contribution is 7.73. The summed E-state index contributed by atoms with van der Waals surface area (Å²) in [6.45, 7) is 2.29. The maximum Gasteiger partial charge on any atom is -0.0195 e. The van der Waals surface area contributed by atoms with E-state index in [-0.39, 0.29) is 7.92 Å². The van der Waals surface area contributed by atoms with Crippen LogP contribution in [0.4, 0.5) is 0 Å². The van der Waals surface area contributed by atoms with Gasteiger partial charge in [-0.3, -0.25) is 0 Å². The molecule has 0 amide bonds. The third-order valence-corrected chi connectivity index (χ3v) is 7.98. The predicted octanol–water partition coefficient (Wildman–Crippen LogP) is 7.82. The van der Waals surface area contributed by atoms with E-state index in [1.807, 2.05) is 0 Å². The Labute approximate surface area is 169 Å². The van der Waals surface area contributed by atoms with Crippen molar-refractivity contribution in [2.24, 2.45) is 0 Å². The fourth-order valence-corrected chi connectivity index (χ4v) is 6.15. The molecule has 0 atom stereocenters. The quantitative estimate of drug-likeness (QED) is 0.217. The number of benzene rings is 2. The zero-order valence-corrected chi connectivity index (χ0v) is 18.3. The second-order valence-electron chi connectivity index (χ2n) is 7.71. The lowest BCUT2D eigenvalue weighted by atomic mass is 10.1. The average molecular weight is 383 g/mol. The van der Waals surface area contributed by atoms with Crippen LogP contribution in [0.5, 0.6) is 0 Å². The van der Waals surface area contributed by atoms with E-state index in [1.165, 1.54) is 93.8 Å². The molecule has 2 aromatic carbocycles. The van der Waals surface area contributed by atoms with Gasteiger partial charge in [0.05, 0.1) is 0 Å². The largest absolute Gasteiger partial charge is 0.0654 e. The first-order valence-electron chi connectivity index (χ1n) is 11.3. The summed E-state index contributed by atoms with van der Waals surface area (Å²) in [4.78, 5) is 0. The van der Waals surface area contributed by atoms with Crippen molar-refractivity contribution in [2.45, 2.75) is 84.0 Å². The van der Waals surface area contributed by atoms with Gasteiger partial charge in [-0.2, -0.15) is 0 Å². The van der Waals surface area contributed by atoms with Gasteiger partial charge in [-0.1, -0.05) is 138 Å². The second kappa shape index (κ2) is 14.9. The number of hydrogen-bond acceptors (Lipinski definition) is 0. The van der Waals surface area contributed by atoms with E-state index in [9.17, 15) is 0 Å². The molecule has 0 aliphatic rings. The minimum absolute atomic E-state index is 0.189. The van der Waals surface area contributed by atoms with Crippen molar-refractivity contribution in [1.29, 1.82) is 0 Å². The Morgan fingerprint density at radius 1 is 0.481 bits per heavy atom. The van der Waals surface area contributed by atoms with E-state index in [0.29, 0.717) is 0 Å². The highest BCUT2D eigenvalue weighted by Crippen LogP contribution is 2.34. The van der Waals surface area contributed by atoms with Gasteiger partial charge in [-0.05, 0) is 31.1 Å². The summed E-state index contributed by atoms with van der Waals surface area (Å²) in [6.07, 6.45) is 18.4. The van der Waals surface area contributed by atoms with E-state index >= 15 is 0 Å². The molecule has 0 unspecified atom stereocenters. The van der Waals surface area contributed by atoms with Gasteiger partial charge >= 0.3 is 0 Å². The van der Waals surface area contributed by atoms with Gasteiger partial charge in [-0.15, -0.1) is 0 Å². The molecule has 0 nitrogen and oxygen atoms in total. The normalized spacial score (nSPS) is 11.2. The fraction of sp³-hybridized carbons (Fsp3) is 0.538. The molecule has 0 aliphatic heterocycles. The standard InChI is InChI=1S/C26H39P/c1-2-3-4-5-6-7-8-9-10-11-12-19-24-27(25-20-15-13-16-21-25)26-22-17-14-18-23-26/h13-18,20-23H,2-12,19,24H2,1H3. The topological polar surface area (TPSA) is 0 Å². The Kier molecular flexibility index (Phi) is 12.2. The maximum atomic E-state index is 2.32. The van der Waals surface area contributed by atoms with Crippen LogP contribution in [0.3, 0.4) is 0 Å². The summed E-state index contributed by atoms with van der Waals surface area (Å²) >= 11 is 0. The summed E-state index contributed by atoms with van der Waals surface area (Å²) in [5, 5.41) is 3.06. The molecule has 0 aliphatic carbocycles. The third-order valence-electron chi connectivity index (χ3n) is 5.37. The van der Waals surface area contributed by atoms with E-state index in [1.54, 1.807) is 0 Å². The molecule has 0 spiro atoms. The smallest absolute Gasteiger partial charge is 0.0195 e. The van der Waals surface area contributed by atoms with Crippen LogP contribution in [0, 0.1) is 0 Å². The van der Waals surface area contributed by atoms with Crippen LogP contribution in [0.1, 0.15) is 84.0 Å². The number of unbranched alkanes of at least 4 members (excludes halogenated alkanes) is 11. The molecule has 0 heterocycles. The molecular weight excluding hydrogens is 343 g/mol. The molecule has 2 rings (SSSR count). The van der Waals surface area contributed by atoms with Crippen molar-refractivity contribution in [3.63, 3.8) is 0 Å². The molecular formula is C26H39P. The van der Waals surface area contributed by atoms with E-state index in [0.717, 1.165) is 0 Å². The number of rotatable bonds is 15. The van der Waals surface area contributed by atoms with Gasteiger partial charge in [-0.25, -0.2) is 0 Å². The van der Waals surface area contributed by atoms with Crippen molar-refractivity contribution < 1.29 is 0 Å². The minimum atomic E-state index is -0.189. The van der Waals surface area contributed by atoms with Gasteiger partial charge in [0, 0.05) is 0 Å².